The highest BCUT2D eigenvalue weighted by Crippen LogP contribution is 2.45. The van der Waals surface area contributed by atoms with Crippen LogP contribution >= 0.6 is 0 Å². The molecule has 4 aliphatic rings. The van der Waals surface area contributed by atoms with Gasteiger partial charge in [0.1, 0.15) is 30.0 Å². The number of rotatable bonds is 4. The second-order valence-corrected chi connectivity index (χ2v) is 9.64. The number of carbonyl (C=O) groups is 1. The topological polar surface area (TPSA) is 165 Å². The summed E-state index contributed by atoms with van der Waals surface area (Å²) in [7, 11) is 0. The number of para-hydroxylation sites is 1. The summed E-state index contributed by atoms with van der Waals surface area (Å²) in [6, 6.07) is 7.53. The number of carbonyl (C=O) groups excluding carboxylic acids is 1. The summed E-state index contributed by atoms with van der Waals surface area (Å²) in [6.07, 6.45) is -4.78. The van der Waals surface area contributed by atoms with Crippen molar-refractivity contribution in [3.05, 3.63) is 71.3 Å². The van der Waals surface area contributed by atoms with Crippen LogP contribution in [0.15, 0.2) is 60.1 Å². The van der Waals surface area contributed by atoms with Crippen LogP contribution in [0.4, 0.5) is 0 Å². The van der Waals surface area contributed by atoms with Gasteiger partial charge in [-0.05, 0) is 23.6 Å². The fraction of sp³-hybridized carbons (Fsp3) is 0.423. The number of aliphatic hydroxyl groups excluding tert-OH is 5. The molecule has 1 amide bonds. The molecule has 0 unspecified atom stereocenters. The summed E-state index contributed by atoms with van der Waals surface area (Å²) >= 11 is 0. The van der Waals surface area contributed by atoms with Crippen molar-refractivity contribution in [3.8, 4) is 0 Å². The molecule has 11 heteroatoms. The lowest BCUT2D eigenvalue weighted by molar-refractivity contribution is -0.340. The Morgan fingerprint density at radius 2 is 1.95 bits per heavy atom. The van der Waals surface area contributed by atoms with Crippen molar-refractivity contribution >= 4 is 16.8 Å². The zero-order chi connectivity index (χ0) is 26.0. The maximum atomic E-state index is 13.5. The van der Waals surface area contributed by atoms with Crippen LogP contribution in [-0.2, 0) is 25.4 Å². The second-order valence-electron chi connectivity index (χ2n) is 9.64. The molecular weight excluding hydrogens is 484 g/mol. The van der Waals surface area contributed by atoms with E-state index in [2.05, 4.69) is 11.6 Å². The quantitative estimate of drug-likeness (QED) is 0.316. The van der Waals surface area contributed by atoms with Crippen molar-refractivity contribution in [2.24, 2.45) is 5.92 Å². The van der Waals surface area contributed by atoms with E-state index in [4.69, 9.17) is 14.2 Å². The van der Waals surface area contributed by atoms with E-state index in [9.17, 15) is 30.3 Å². The molecule has 2 aromatic rings. The minimum Gasteiger partial charge on any atom is -0.480 e. The smallest absolute Gasteiger partial charge is 0.292 e. The van der Waals surface area contributed by atoms with Gasteiger partial charge < -0.3 is 49.6 Å². The number of benzene rings is 1. The Morgan fingerprint density at radius 1 is 1.16 bits per heavy atom. The fourth-order valence-electron chi connectivity index (χ4n) is 5.74. The molecule has 0 spiro atoms. The van der Waals surface area contributed by atoms with Crippen LogP contribution in [0.3, 0.4) is 0 Å². The van der Waals surface area contributed by atoms with Gasteiger partial charge in [-0.15, -0.1) is 6.58 Å². The Bertz CT molecular complexity index is 1310. The van der Waals surface area contributed by atoms with Crippen molar-refractivity contribution in [1.82, 2.24) is 9.88 Å². The molecule has 1 aromatic heterocycles. The number of H-pyrrole nitrogens is 1. The standard InChI is InChI=1S/C26H28N2O9/c1-2-11-14-9-16-19-13(12-5-3-4-6-15(12)27-19)7-8-28(16)23(33)18(14)24(34)36-25(11)37-26-22(32)21(31)20(30)17(10-29)35-26/h2-6,9,11,16-17,20-22,25-27,29-32,34H,1,7-8,10H2/t11-,16-,17-,20-,21+,22-,25+,26+/m1/s1. The highest BCUT2D eigenvalue weighted by molar-refractivity contribution is 6.01. The van der Waals surface area contributed by atoms with Gasteiger partial charge in [0.25, 0.3) is 11.9 Å². The number of ether oxygens (including phenoxy) is 3. The lowest BCUT2D eigenvalue weighted by Crippen LogP contribution is -2.60. The molecule has 4 aliphatic heterocycles. The van der Waals surface area contributed by atoms with Crippen LogP contribution in [0.2, 0.25) is 0 Å². The molecule has 0 aliphatic carbocycles. The van der Waals surface area contributed by atoms with Crippen LogP contribution in [0.1, 0.15) is 17.3 Å². The molecule has 1 saturated heterocycles. The van der Waals surface area contributed by atoms with Gasteiger partial charge in [-0.25, -0.2) is 0 Å². The number of nitrogens with one attached hydrogen (secondary N) is 1. The van der Waals surface area contributed by atoms with Crippen molar-refractivity contribution in [2.45, 2.75) is 49.5 Å². The van der Waals surface area contributed by atoms with E-state index in [1.165, 1.54) is 6.08 Å². The molecule has 8 atom stereocenters. The summed E-state index contributed by atoms with van der Waals surface area (Å²) in [5.41, 5.74) is 3.46. The molecule has 11 nitrogen and oxygen atoms in total. The molecule has 196 valence electrons. The average molecular weight is 513 g/mol. The summed E-state index contributed by atoms with van der Waals surface area (Å²) < 4.78 is 16.8. The first-order valence-corrected chi connectivity index (χ1v) is 12.1. The first-order chi connectivity index (χ1) is 17.8. The maximum absolute atomic E-state index is 13.5. The van der Waals surface area contributed by atoms with Crippen LogP contribution in [-0.4, -0.2) is 91.5 Å². The predicted octanol–water partition coefficient (Wildman–Crippen LogP) is 0.278. The van der Waals surface area contributed by atoms with Gasteiger partial charge in [0, 0.05) is 23.1 Å². The molecule has 1 aromatic carbocycles. The number of hydrogen-bond donors (Lipinski definition) is 6. The average Bonchev–Trinajstić information content (AvgIpc) is 3.28. The van der Waals surface area contributed by atoms with Crippen LogP contribution in [0.5, 0.6) is 0 Å². The van der Waals surface area contributed by atoms with E-state index >= 15 is 0 Å². The first kappa shape index (κ1) is 24.2. The highest BCUT2D eigenvalue weighted by Gasteiger charge is 2.50. The summed E-state index contributed by atoms with van der Waals surface area (Å²) in [4.78, 5) is 18.7. The van der Waals surface area contributed by atoms with Gasteiger partial charge in [0.05, 0.1) is 18.6 Å². The van der Waals surface area contributed by atoms with E-state index in [0.717, 1.165) is 22.2 Å². The largest absolute Gasteiger partial charge is 0.480 e. The minimum absolute atomic E-state index is 0.00867. The predicted molar refractivity (Wildman–Crippen MR) is 128 cm³/mol. The number of hydrogen-bond acceptors (Lipinski definition) is 9. The van der Waals surface area contributed by atoms with Gasteiger partial charge >= 0.3 is 0 Å². The Hall–Kier alpha value is -3.19. The van der Waals surface area contributed by atoms with E-state index in [-0.39, 0.29) is 11.5 Å². The monoisotopic (exact) mass is 512 g/mol. The molecule has 1 fully saturated rings. The number of fused-ring (bicyclic) bond motifs is 6. The maximum Gasteiger partial charge on any atom is 0.292 e. The Kier molecular flexibility index (Phi) is 5.86. The van der Waals surface area contributed by atoms with Crippen molar-refractivity contribution in [3.63, 3.8) is 0 Å². The molecule has 6 N–H and O–H groups in total. The third-order valence-corrected chi connectivity index (χ3v) is 7.65. The third-order valence-electron chi connectivity index (χ3n) is 7.65. The molecule has 37 heavy (non-hydrogen) atoms. The molecule has 0 bridgehead atoms. The molecule has 0 saturated carbocycles. The van der Waals surface area contributed by atoms with E-state index in [1.54, 1.807) is 4.90 Å². The molecule has 6 rings (SSSR count). The van der Waals surface area contributed by atoms with Gasteiger partial charge in [0.15, 0.2) is 6.29 Å². The van der Waals surface area contributed by atoms with E-state index in [0.29, 0.717) is 18.5 Å². The van der Waals surface area contributed by atoms with Crippen molar-refractivity contribution in [2.75, 3.05) is 13.2 Å². The SMILES string of the molecule is C=C[C@@H]1C2=C[C@@H]3c4[nH]c5ccccc5c4CCN3C(=O)C2=C(O)O[C@H]1O[C@@H]1O[C@H](CO)[C@@H](O)[C@H](O)[C@H]1O. The lowest BCUT2D eigenvalue weighted by atomic mass is 9.82. The van der Waals surface area contributed by atoms with Gasteiger partial charge in [-0.2, -0.15) is 0 Å². The number of amides is 1. The van der Waals surface area contributed by atoms with E-state index < -0.39 is 61.5 Å². The summed E-state index contributed by atoms with van der Waals surface area (Å²) in [5.74, 6) is -1.77. The zero-order valence-corrected chi connectivity index (χ0v) is 19.7. The fourth-order valence-corrected chi connectivity index (χ4v) is 5.74. The number of aromatic nitrogens is 1. The van der Waals surface area contributed by atoms with Gasteiger partial charge in [0.2, 0.25) is 6.29 Å². The third kappa shape index (κ3) is 3.62. The van der Waals surface area contributed by atoms with Crippen LogP contribution in [0.25, 0.3) is 10.9 Å². The van der Waals surface area contributed by atoms with Crippen LogP contribution < -0.4 is 0 Å². The second kappa shape index (κ2) is 8.98. The van der Waals surface area contributed by atoms with Gasteiger partial charge in [-0.1, -0.05) is 30.4 Å². The Balaban J connectivity index is 1.37. The summed E-state index contributed by atoms with van der Waals surface area (Å²) in [5, 5.41) is 51.9. The molecular formula is C26H28N2O9. The van der Waals surface area contributed by atoms with Crippen LogP contribution in [0, 0.1) is 5.92 Å². The lowest BCUT2D eigenvalue weighted by Gasteiger charge is -2.44. The summed E-state index contributed by atoms with van der Waals surface area (Å²) in [6.45, 7) is 3.69. The minimum atomic E-state index is -1.66. The van der Waals surface area contributed by atoms with E-state index in [1.807, 2.05) is 30.3 Å². The van der Waals surface area contributed by atoms with Crippen molar-refractivity contribution < 1.29 is 44.5 Å². The number of aromatic amines is 1. The Labute approximate surface area is 211 Å². The molecule has 5 heterocycles. The number of nitrogens with zero attached hydrogens (tertiary/aromatic N) is 1. The normalized spacial score (nSPS) is 35.4. The Morgan fingerprint density at radius 3 is 2.70 bits per heavy atom. The molecule has 0 radical (unpaired) electrons. The first-order valence-electron chi connectivity index (χ1n) is 12.1. The van der Waals surface area contributed by atoms with Gasteiger partial charge in [-0.3, -0.25) is 4.79 Å². The zero-order valence-electron chi connectivity index (χ0n) is 19.7. The number of aliphatic hydroxyl groups is 5. The highest BCUT2D eigenvalue weighted by atomic mass is 16.8. The van der Waals surface area contributed by atoms with Crippen molar-refractivity contribution in [1.29, 1.82) is 0 Å².